The summed E-state index contributed by atoms with van der Waals surface area (Å²) in [5, 5.41) is 7.48. The Morgan fingerprint density at radius 3 is 3.05 bits per heavy atom. The molecule has 2 aromatic rings. The number of nitrogens with one attached hydrogen (secondary N) is 2. The van der Waals surface area contributed by atoms with Gasteiger partial charge in [-0.05, 0) is 57.0 Å². The van der Waals surface area contributed by atoms with E-state index in [0.717, 1.165) is 41.5 Å². The minimum atomic E-state index is 0.0919. The zero-order chi connectivity index (χ0) is 14.8. The van der Waals surface area contributed by atoms with Gasteiger partial charge >= 0.3 is 0 Å². The molecule has 0 unspecified atom stereocenters. The molecular weight excluding hydrogens is 262 g/mol. The maximum absolute atomic E-state index is 12.5. The number of carbonyl (C=O) groups excluding carboxylic acids is 1. The molecular formula is C17H21N3O. The zero-order valence-electron chi connectivity index (χ0n) is 12.5. The van der Waals surface area contributed by atoms with E-state index in [0.29, 0.717) is 6.04 Å². The summed E-state index contributed by atoms with van der Waals surface area (Å²) < 4.78 is 0. The molecule has 1 aliphatic heterocycles. The van der Waals surface area contributed by atoms with Crippen molar-refractivity contribution in [1.82, 2.24) is 10.3 Å². The third-order valence-corrected chi connectivity index (χ3v) is 4.22. The topological polar surface area (TPSA) is 54.0 Å². The van der Waals surface area contributed by atoms with Crippen LogP contribution in [-0.4, -0.2) is 23.5 Å². The number of nitrogens with zero attached hydrogens (tertiary/aromatic N) is 1. The fourth-order valence-electron chi connectivity index (χ4n) is 3.03. The van der Waals surface area contributed by atoms with Crippen molar-refractivity contribution < 1.29 is 4.79 Å². The van der Waals surface area contributed by atoms with Crippen LogP contribution in [0.5, 0.6) is 0 Å². The first-order valence-electron chi connectivity index (χ1n) is 7.53. The number of anilines is 1. The molecule has 4 nitrogen and oxygen atoms in total. The minimum Gasteiger partial charge on any atom is -0.325 e. The molecule has 1 aromatic carbocycles. The van der Waals surface area contributed by atoms with Gasteiger partial charge in [0.05, 0.1) is 11.2 Å². The molecule has 1 amide bonds. The molecule has 0 radical (unpaired) electrons. The molecule has 1 fully saturated rings. The number of piperidine rings is 1. The van der Waals surface area contributed by atoms with Crippen molar-refractivity contribution >= 4 is 22.5 Å². The predicted octanol–water partition coefficient (Wildman–Crippen LogP) is 2.87. The first kappa shape index (κ1) is 14.0. The first-order valence-corrected chi connectivity index (χ1v) is 7.53. The minimum absolute atomic E-state index is 0.0919. The van der Waals surface area contributed by atoms with E-state index in [9.17, 15) is 4.79 Å². The van der Waals surface area contributed by atoms with Crippen LogP contribution in [0, 0.1) is 12.8 Å². The summed E-state index contributed by atoms with van der Waals surface area (Å²) >= 11 is 0. The Kier molecular flexibility index (Phi) is 3.88. The second kappa shape index (κ2) is 5.82. The summed E-state index contributed by atoms with van der Waals surface area (Å²) in [6, 6.07) is 8.31. The van der Waals surface area contributed by atoms with Gasteiger partial charge in [-0.15, -0.1) is 0 Å². The molecule has 2 heterocycles. The van der Waals surface area contributed by atoms with E-state index in [4.69, 9.17) is 0 Å². The maximum atomic E-state index is 12.5. The van der Waals surface area contributed by atoms with E-state index < -0.39 is 0 Å². The molecule has 21 heavy (non-hydrogen) atoms. The Morgan fingerprint density at radius 1 is 1.38 bits per heavy atom. The number of aryl methyl sites for hydroxylation is 1. The number of benzene rings is 1. The average Bonchev–Trinajstić information content (AvgIpc) is 2.50. The Labute approximate surface area is 125 Å². The maximum Gasteiger partial charge on any atom is 0.227 e. The number of aromatic nitrogens is 1. The highest BCUT2D eigenvalue weighted by atomic mass is 16.1. The Hall–Kier alpha value is -1.94. The Bertz CT molecular complexity index is 668. The summed E-state index contributed by atoms with van der Waals surface area (Å²) in [6.45, 7) is 5.08. The highest BCUT2D eigenvalue weighted by molar-refractivity contribution is 6.02. The van der Waals surface area contributed by atoms with Crippen LogP contribution in [0.4, 0.5) is 5.69 Å². The van der Waals surface area contributed by atoms with E-state index >= 15 is 0 Å². The van der Waals surface area contributed by atoms with Gasteiger partial charge in [0.1, 0.15) is 0 Å². The molecule has 0 bridgehead atoms. The van der Waals surface area contributed by atoms with Crippen LogP contribution in [0.15, 0.2) is 30.5 Å². The summed E-state index contributed by atoms with van der Waals surface area (Å²) in [5.41, 5.74) is 2.94. The standard InChI is InChI=1S/C17H21N3O/c1-11-5-6-15(14-4-3-8-19-16(11)14)20-17(21)13-7-9-18-12(2)10-13/h3-6,8,12-13,18H,7,9-10H2,1-2H3,(H,20,21)/t12-,13-/m0/s1. The van der Waals surface area contributed by atoms with Crippen LogP contribution in [0.2, 0.25) is 0 Å². The molecule has 1 saturated heterocycles. The highest BCUT2D eigenvalue weighted by Crippen LogP contribution is 2.26. The summed E-state index contributed by atoms with van der Waals surface area (Å²) in [5.74, 6) is 0.214. The number of rotatable bonds is 2. The van der Waals surface area contributed by atoms with E-state index in [1.807, 2.05) is 31.2 Å². The average molecular weight is 283 g/mol. The fraction of sp³-hybridized carbons (Fsp3) is 0.412. The molecule has 0 aliphatic carbocycles. The number of pyridine rings is 1. The lowest BCUT2D eigenvalue weighted by Gasteiger charge is -2.27. The second-order valence-corrected chi connectivity index (χ2v) is 5.90. The monoisotopic (exact) mass is 283 g/mol. The molecule has 4 heteroatoms. The lowest BCUT2D eigenvalue weighted by atomic mass is 9.92. The van der Waals surface area contributed by atoms with Crippen molar-refractivity contribution in [2.75, 3.05) is 11.9 Å². The van der Waals surface area contributed by atoms with Crippen LogP contribution in [0.25, 0.3) is 10.9 Å². The third kappa shape index (κ3) is 2.90. The molecule has 0 saturated carbocycles. The number of hydrogen-bond acceptors (Lipinski definition) is 3. The van der Waals surface area contributed by atoms with Crippen molar-refractivity contribution in [3.8, 4) is 0 Å². The molecule has 3 rings (SSSR count). The van der Waals surface area contributed by atoms with Gasteiger partial charge in [0, 0.05) is 23.5 Å². The lowest BCUT2D eigenvalue weighted by molar-refractivity contribution is -0.120. The Morgan fingerprint density at radius 2 is 2.24 bits per heavy atom. The van der Waals surface area contributed by atoms with Gasteiger partial charge in [-0.25, -0.2) is 0 Å². The number of hydrogen-bond donors (Lipinski definition) is 2. The van der Waals surface area contributed by atoms with Crippen LogP contribution < -0.4 is 10.6 Å². The van der Waals surface area contributed by atoms with E-state index in [1.165, 1.54) is 0 Å². The molecule has 2 N–H and O–H groups in total. The Balaban J connectivity index is 1.85. The van der Waals surface area contributed by atoms with E-state index in [1.54, 1.807) is 6.20 Å². The van der Waals surface area contributed by atoms with Crippen molar-refractivity contribution in [3.05, 3.63) is 36.0 Å². The highest BCUT2D eigenvalue weighted by Gasteiger charge is 2.25. The summed E-state index contributed by atoms with van der Waals surface area (Å²) in [4.78, 5) is 16.9. The summed E-state index contributed by atoms with van der Waals surface area (Å²) in [7, 11) is 0. The molecule has 1 aliphatic rings. The normalized spacial score (nSPS) is 22.2. The van der Waals surface area contributed by atoms with Crippen LogP contribution >= 0.6 is 0 Å². The fourth-order valence-corrected chi connectivity index (χ4v) is 3.03. The van der Waals surface area contributed by atoms with Crippen LogP contribution in [-0.2, 0) is 4.79 Å². The lowest BCUT2D eigenvalue weighted by Crippen LogP contribution is -2.40. The van der Waals surface area contributed by atoms with Crippen molar-refractivity contribution in [2.45, 2.75) is 32.7 Å². The van der Waals surface area contributed by atoms with Gasteiger partial charge < -0.3 is 10.6 Å². The van der Waals surface area contributed by atoms with E-state index in [2.05, 4.69) is 22.5 Å². The van der Waals surface area contributed by atoms with Gasteiger partial charge in [0.15, 0.2) is 0 Å². The van der Waals surface area contributed by atoms with Crippen LogP contribution in [0.1, 0.15) is 25.3 Å². The van der Waals surface area contributed by atoms with Gasteiger partial charge in [-0.1, -0.05) is 6.07 Å². The van der Waals surface area contributed by atoms with Gasteiger partial charge in [-0.3, -0.25) is 9.78 Å². The van der Waals surface area contributed by atoms with Crippen LogP contribution in [0.3, 0.4) is 0 Å². The number of fused-ring (bicyclic) bond motifs is 1. The van der Waals surface area contributed by atoms with Crippen molar-refractivity contribution in [3.63, 3.8) is 0 Å². The smallest absolute Gasteiger partial charge is 0.227 e. The van der Waals surface area contributed by atoms with Crippen molar-refractivity contribution in [1.29, 1.82) is 0 Å². The molecule has 2 atom stereocenters. The third-order valence-electron chi connectivity index (χ3n) is 4.22. The first-order chi connectivity index (χ1) is 10.1. The van der Waals surface area contributed by atoms with Crippen molar-refractivity contribution in [2.24, 2.45) is 5.92 Å². The van der Waals surface area contributed by atoms with Gasteiger partial charge in [0.25, 0.3) is 0 Å². The zero-order valence-corrected chi connectivity index (χ0v) is 12.5. The van der Waals surface area contributed by atoms with Gasteiger partial charge in [0.2, 0.25) is 5.91 Å². The van der Waals surface area contributed by atoms with Gasteiger partial charge in [-0.2, -0.15) is 0 Å². The quantitative estimate of drug-likeness (QED) is 0.891. The second-order valence-electron chi connectivity index (χ2n) is 5.90. The molecule has 0 spiro atoms. The SMILES string of the molecule is Cc1ccc(NC(=O)[C@H]2CCN[C@@H](C)C2)c2cccnc12. The number of amides is 1. The predicted molar refractivity (Wildman–Crippen MR) is 85.3 cm³/mol. The molecule has 110 valence electrons. The summed E-state index contributed by atoms with van der Waals surface area (Å²) in [6.07, 6.45) is 3.58. The number of carbonyl (C=O) groups is 1. The van der Waals surface area contributed by atoms with E-state index in [-0.39, 0.29) is 11.8 Å². The molecule has 1 aromatic heterocycles. The largest absolute Gasteiger partial charge is 0.325 e.